The van der Waals surface area contributed by atoms with Crippen molar-refractivity contribution in [2.24, 2.45) is 0 Å². The minimum absolute atomic E-state index is 0.0700. The van der Waals surface area contributed by atoms with Crippen LogP contribution in [-0.4, -0.2) is 20.7 Å². The number of aromatic nitrogens is 3. The zero-order valence-electron chi connectivity index (χ0n) is 10.6. The predicted molar refractivity (Wildman–Crippen MR) is 66.6 cm³/mol. The molecule has 2 rings (SSSR count). The van der Waals surface area contributed by atoms with Crippen molar-refractivity contribution in [1.82, 2.24) is 14.6 Å². The largest absolute Gasteiger partial charge is 0.382 e. The lowest BCUT2D eigenvalue weighted by atomic mass is 10.0. The van der Waals surface area contributed by atoms with Crippen LogP contribution in [-0.2, 0) is 10.3 Å². The summed E-state index contributed by atoms with van der Waals surface area (Å²) < 4.78 is 7.29. The van der Waals surface area contributed by atoms with Gasteiger partial charge < -0.3 is 10.5 Å². The van der Waals surface area contributed by atoms with Crippen molar-refractivity contribution in [2.45, 2.75) is 32.5 Å². The fraction of sp³-hybridized carbons (Fsp3) is 0.417. The standard InChI is InChI=1S/C12H15N5O/c1-8(2)18-12(3,6-13)10-5-4-9-11(14)15-7-16-17(9)10/h4-5,7-8H,1-3H3,(H2,14,15,16). The molecular weight excluding hydrogens is 230 g/mol. The first kappa shape index (κ1) is 12.3. The molecule has 0 aliphatic heterocycles. The number of rotatable bonds is 3. The molecule has 2 heterocycles. The number of hydrogen-bond donors (Lipinski definition) is 1. The van der Waals surface area contributed by atoms with Gasteiger partial charge in [-0.3, -0.25) is 0 Å². The van der Waals surface area contributed by atoms with E-state index in [1.807, 2.05) is 13.8 Å². The summed E-state index contributed by atoms with van der Waals surface area (Å²) in [5.41, 5.74) is 6.00. The number of anilines is 1. The minimum Gasteiger partial charge on any atom is -0.382 e. The summed E-state index contributed by atoms with van der Waals surface area (Å²) in [7, 11) is 0. The number of nitriles is 1. The van der Waals surface area contributed by atoms with Gasteiger partial charge in [-0.2, -0.15) is 10.4 Å². The van der Waals surface area contributed by atoms with Crippen molar-refractivity contribution in [1.29, 1.82) is 5.26 Å². The van der Waals surface area contributed by atoms with Crippen LogP contribution >= 0.6 is 0 Å². The van der Waals surface area contributed by atoms with Gasteiger partial charge in [-0.1, -0.05) is 0 Å². The molecule has 6 heteroatoms. The Morgan fingerprint density at radius 3 is 2.83 bits per heavy atom. The maximum absolute atomic E-state index is 9.37. The Kier molecular flexibility index (Phi) is 2.93. The van der Waals surface area contributed by atoms with Crippen LogP contribution in [0.5, 0.6) is 0 Å². The number of nitrogens with two attached hydrogens (primary N) is 1. The molecule has 0 bridgehead atoms. The second kappa shape index (κ2) is 4.27. The first-order chi connectivity index (χ1) is 8.48. The highest BCUT2D eigenvalue weighted by molar-refractivity contribution is 5.65. The number of ether oxygens (including phenoxy) is 1. The van der Waals surface area contributed by atoms with Gasteiger partial charge in [-0.25, -0.2) is 9.50 Å². The Morgan fingerprint density at radius 1 is 1.50 bits per heavy atom. The molecule has 0 aliphatic carbocycles. The average molecular weight is 245 g/mol. The summed E-state index contributed by atoms with van der Waals surface area (Å²) in [6.07, 6.45) is 1.29. The van der Waals surface area contributed by atoms with Crippen LogP contribution in [0.25, 0.3) is 5.52 Å². The molecule has 0 fully saturated rings. The van der Waals surface area contributed by atoms with Crippen LogP contribution in [0, 0.1) is 11.3 Å². The van der Waals surface area contributed by atoms with Crippen LogP contribution in [0.4, 0.5) is 5.82 Å². The molecule has 18 heavy (non-hydrogen) atoms. The van der Waals surface area contributed by atoms with Gasteiger partial charge in [-0.15, -0.1) is 0 Å². The predicted octanol–water partition coefficient (Wildman–Crippen LogP) is 1.48. The Hall–Kier alpha value is -2.13. The van der Waals surface area contributed by atoms with Gasteiger partial charge >= 0.3 is 0 Å². The molecule has 0 radical (unpaired) electrons. The Morgan fingerprint density at radius 2 is 2.22 bits per heavy atom. The second-order valence-corrected chi connectivity index (χ2v) is 4.47. The Bertz CT molecular complexity index is 612. The molecule has 2 aromatic rings. The van der Waals surface area contributed by atoms with E-state index in [4.69, 9.17) is 10.5 Å². The SMILES string of the molecule is CC(C)OC(C)(C#N)c1ccc2c(N)ncnn12. The van der Waals surface area contributed by atoms with Crippen LogP contribution in [0.15, 0.2) is 18.5 Å². The number of hydrogen-bond acceptors (Lipinski definition) is 5. The van der Waals surface area contributed by atoms with E-state index in [9.17, 15) is 5.26 Å². The highest BCUT2D eigenvalue weighted by atomic mass is 16.5. The van der Waals surface area contributed by atoms with Crippen LogP contribution in [0.1, 0.15) is 26.5 Å². The van der Waals surface area contributed by atoms with Crippen molar-refractivity contribution in [2.75, 3.05) is 5.73 Å². The zero-order valence-corrected chi connectivity index (χ0v) is 10.6. The average Bonchev–Trinajstić information content (AvgIpc) is 2.74. The number of nitrogen functional groups attached to an aromatic ring is 1. The van der Waals surface area contributed by atoms with Crippen molar-refractivity contribution >= 4 is 11.3 Å². The molecule has 94 valence electrons. The monoisotopic (exact) mass is 245 g/mol. The molecule has 1 atom stereocenters. The van der Waals surface area contributed by atoms with Gasteiger partial charge in [0.25, 0.3) is 0 Å². The lowest BCUT2D eigenvalue weighted by Crippen LogP contribution is -2.29. The van der Waals surface area contributed by atoms with Crippen molar-refractivity contribution < 1.29 is 4.74 Å². The third-order valence-electron chi connectivity index (χ3n) is 2.66. The summed E-state index contributed by atoms with van der Waals surface area (Å²) in [5, 5.41) is 13.5. The van der Waals surface area contributed by atoms with E-state index in [1.54, 1.807) is 23.6 Å². The summed E-state index contributed by atoms with van der Waals surface area (Å²) >= 11 is 0. The maximum Gasteiger partial charge on any atom is 0.193 e. The smallest absolute Gasteiger partial charge is 0.193 e. The Labute approximate surface area is 105 Å². The summed E-state index contributed by atoms with van der Waals surface area (Å²) in [6.45, 7) is 5.48. The van der Waals surface area contributed by atoms with Crippen LogP contribution in [0.2, 0.25) is 0 Å². The second-order valence-electron chi connectivity index (χ2n) is 4.47. The fourth-order valence-corrected chi connectivity index (χ4v) is 1.93. The quantitative estimate of drug-likeness (QED) is 0.884. The topological polar surface area (TPSA) is 89.2 Å². The minimum atomic E-state index is -1.07. The maximum atomic E-state index is 9.37. The van der Waals surface area contributed by atoms with Gasteiger partial charge in [0.05, 0.1) is 11.8 Å². The molecule has 2 aromatic heterocycles. The summed E-state index contributed by atoms with van der Waals surface area (Å²) in [6, 6.07) is 5.74. The molecular formula is C12H15N5O. The van der Waals surface area contributed by atoms with E-state index in [-0.39, 0.29) is 6.10 Å². The molecule has 0 aromatic carbocycles. The third-order valence-corrected chi connectivity index (χ3v) is 2.66. The first-order valence-corrected chi connectivity index (χ1v) is 5.65. The third kappa shape index (κ3) is 1.89. The lowest BCUT2D eigenvalue weighted by molar-refractivity contribution is -0.0371. The van der Waals surface area contributed by atoms with E-state index in [1.165, 1.54) is 6.33 Å². The zero-order chi connectivity index (χ0) is 13.3. The molecule has 1 unspecified atom stereocenters. The Balaban J connectivity index is 2.60. The van der Waals surface area contributed by atoms with E-state index in [0.29, 0.717) is 17.0 Å². The van der Waals surface area contributed by atoms with Gasteiger partial charge in [0, 0.05) is 0 Å². The molecule has 0 amide bonds. The van der Waals surface area contributed by atoms with Crippen molar-refractivity contribution in [3.05, 3.63) is 24.2 Å². The normalized spacial score (nSPS) is 14.6. The molecule has 0 aliphatic rings. The molecule has 0 spiro atoms. The first-order valence-electron chi connectivity index (χ1n) is 5.65. The van der Waals surface area contributed by atoms with E-state index < -0.39 is 5.60 Å². The lowest BCUT2D eigenvalue weighted by Gasteiger charge is -2.24. The molecule has 0 saturated heterocycles. The highest BCUT2D eigenvalue weighted by Gasteiger charge is 2.32. The highest BCUT2D eigenvalue weighted by Crippen LogP contribution is 2.28. The van der Waals surface area contributed by atoms with Crippen molar-refractivity contribution in [3.63, 3.8) is 0 Å². The number of nitrogens with zero attached hydrogens (tertiary/aromatic N) is 4. The number of fused-ring (bicyclic) bond motifs is 1. The van der Waals surface area contributed by atoms with Crippen LogP contribution in [0.3, 0.4) is 0 Å². The van der Waals surface area contributed by atoms with Gasteiger partial charge in [0.2, 0.25) is 0 Å². The van der Waals surface area contributed by atoms with Crippen LogP contribution < -0.4 is 5.73 Å². The molecule has 6 nitrogen and oxygen atoms in total. The van der Waals surface area contributed by atoms with E-state index in [2.05, 4.69) is 16.2 Å². The van der Waals surface area contributed by atoms with Crippen molar-refractivity contribution in [3.8, 4) is 6.07 Å². The van der Waals surface area contributed by atoms with Gasteiger partial charge in [0.1, 0.15) is 17.9 Å². The van der Waals surface area contributed by atoms with Gasteiger partial charge in [0.15, 0.2) is 11.4 Å². The summed E-state index contributed by atoms with van der Waals surface area (Å²) in [4.78, 5) is 3.91. The van der Waals surface area contributed by atoms with E-state index in [0.717, 1.165) is 0 Å². The van der Waals surface area contributed by atoms with E-state index >= 15 is 0 Å². The fourth-order valence-electron chi connectivity index (χ4n) is 1.93. The van der Waals surface area contributed by atoms with Gasteiger partial charge in [-0.05, 0) is 32.9 Å². The summed E-state index contributed by atoms with van der Waals surface area (Å²) in [5.74, 6) is 0.376. The molecule has 2 N–H and O–H groups in total. The molecule has 0 saturated carbocycles.